The van der Waals surface area contributed by atoms with Crippen molar-refractivity contribution in [3.63, 3.8) is 0 Å². The Morgan fingerprint density at radius 2 is 2.00 bits per heavy atom. The van der Waals surface area contributed by atoms with E-state index in [1.54, 1.807) is 13.0 Å². The molecule has 2 aromatic rings. The van der Waals surface area contributed by atoms with E-state index in [0.717, 1.165) is 6.42 Å². The van der Waals surface area contributed by atoms with Gasteiger partial charge in [0, 0.05) is 31.1 Å². The molecule has 2 heterocycles. The number of methoxy groups -OCH3 is 1. The molecule has 31 heavy (non-hydrogen) atoms. The zero-order chi connectivity index (χ0) is 22.5. The van der Waals surface area contributed by atoms with E-state index in [-0.39, 0.29) is 42.8 Å². The maximum Gasteiger partial charge on any atom is 0.340 e. The molecule has 3 amide bonds. The number of aryl methyl sites for hydroxylation is 1. The van der Waals surface area contributed by atoms with Crippen LogP contribution in [-0.4, -0.2) is 44.5 Å². The van der Waals surface area contributed by atoms with Crippen LogP contribution >= 0.6 is 11.6 Å². The second-order valence-corrected chi connectivity index (χ2v) is 7.69. The second kappa shape index (κ2) is 9.82. The van der Waals surface area contributed by atoms with Gasteiger partial charge in [-0.3, -0.25) is 14.4 Å². The van der Waals surface area contributed by atoms with Gasteiger partial charge in [0.15, 0.2) is 0 Å². The van der Waals surface area contributed by atoms with Crippen molar-refractivity contribution in [3.8, 4) is 5.75 Å². The number of hydrogen-bond acceptors (Lipinski definition) is 6. The van der Waals surface area contributed by atoms with E-state index in [0.29, 0.717) is 40.3 Å². The van der Waals surface area contributed by atoms with Crippen LogP contribution < -0.4 is 26.3 Å². The quantitative estimate of drug-likeness (QED) is 0.329. The summed E-state index contributed by atoms with van der Waals surface area (Å²) < 4.78 is 10.5. The van der Waals surface area contributed by atoms with Gasteiger partial charge in [-0.1, -0.05) is 11.6 Å². The lowest BCUT2D eigenvalue weighted by molar-refractivity contribution is -0.137. The molecule has 1 aliphatic rings. The van der Waals surface area contributed by atoms with E-state index in [4.69, 9.17) is 20.8 Å². The molecule has 0 radical (unpaired) electrons. The number of carbonyl (C=O) groups excluding carboxylic acids is 3. The summed E-state index contributed by atoms with van der Waals surface area (Å²) in [6.07, 6.45) is 1.09. The lowest BCUT2D eigenvalue weighted by Crippen LogP contribution is -2.46. The molecular formula is C21H24ClN3O6. The van der Waals surface area contributed by atoms with E-state index in [2.05, 4.69) is 16.0 Å². The van der Waals surface area contributed by atoms with E-state index >= 15 is 0 Å². The molecule has 1 atom stereocenters. The van der Waals surface area contributed by atoms with Crippen molar-refractivity contribution >= 4 is 40.3 Å². The summed E-state index contributed by atoms with van der Waals surface area (Å²) in [5.74, 6) is -1.33. The molecule has 9 nitrogen and oxygen atoms in total. The fourth-order valence-electron chi connectivity index (χ4n) is 3.51. The largest absolute Gasteiger partial charge is 0.495 e. The smallest absolute Gasteiger partial charge is 0.340 e. The first-order chi connectivity index (χ1) is 14.8. The Morgan fingerprint density at radius 1 is 1.26 bits per heavy atom. The van der Waals surface area contributed by atoms with Crippen molar-refractivity contribution in [1.29, 1.82) is 0 Å². The molecule has 166 valence electrons. The molecule has 1 aromatic heterocycles. The normalized spacial score (nSPS) is 16.0. The summed E-state index contributed by atoms with van der Waals surface area (Å²) in [4.78, 5) is 48.5. The van der Waals surface area contributed by atoms with Gasteiger partial charge in [-0.05, 0) is 31.4 Å². The van der Waals surface area contributed by atoms with Crippen LogP contribution in [0.4, 0.5) is 0 Å². The SMILES string of the molecule is COc1cc2oc(=O)c(CC(=O)NCCNC(=O)[C@@H]3CCCNC3=O)c(C)c2cc1Cl. The third-order valence-electron chi connectivity index (χ3n) is 5.25. The minimum Gasteiger partial charge on any atom is -0.495 e. The summed E-state index contributed by atoms with van der Waals surface area (Å²) in [6.45, 7) is 2.65. The van der Waals surface area contributed by atoms with Gasteiger partial charge in [0.25, 0.3) is 0 Å². The standard InChI is InChI=1S/C21H24ClN3O6/c1-11-13-8-15(22)17(30-2)10-16(13)31-21(29)14(11)9-18(26)23-6-7-25-20(28)12-4-3-5-24-19(12)27/h8,10,12H,3-7,9H2,1-2H3,(H,23,26)(H,24,27)(H,25,28)/t12-/m1/s1. The Bertz CT molecular complexity index is 1080. The third kappa shape index (κ3) is 5.16. The lowest BCUT2D eigenvalue weighted by atomic mass is 9.98. The van der Waals surface area contributed by atoms with Crippen molar-refractivity contribution in [2.75, 3.05) is 26.7 Å². The molecule has 0 aliphatic carbocycles. The van der Waals surface area contributed by atoms with Crippen LogP contribution in [0.25, 0.3) is 11.0 Å². The van der Waals surface area contributed by atoms with E-state index < -0.39 is 11.5 Å². The summed E-state index contributed by atoms with van der Waals surface area (Å²) in [6, 6.07) is 3.16. The molecular weight excluding hydrogens is 426 g/mol. The minimum atomic E-state index is -0.695. The zero-order valence-corrected chi connectivity index (χ0v) is 18.1. The van der Waals surface area contributed by atoms with Crippen molar-refractivity contribution in [2.45, 2.75) is 26.2 Å². The second-order valence-electron chi connectivity index (χ2n) is 7.28. The first-order valence-electron chi connectivity index (χ1n) is 9.93. The fraction of sp³-hybridized carbons (Fsp3) is 0.429. The molecule has 0 saturated carbocycles. The maximum atomic E-state index is 12.4. The molecule has 10 heteroatoms. The van der Waals surface area contributed by atoms with Gasteiger partial charge in [0.2, 0.25) is 17.7 Å². The fourth-order valence-corrected chi connectivity index (χ4v) is 3.75. The van der Waals surface area contributed by atoms with Crippen LogP contribution in [0.1, 0.15) is 24.0 Å². The average molecular weight is 450 g/mol. The van der Waals surface area contributed by atoms with Crippen LogP contribution in [0.2, 0.25) is 5.02 Å². The van der Waals surface area contributed by atoms with Gasteiger partial charge in [-0.25, -0.2) is 4.79 Å². The number of fused-ring (bicyclic) bond motifs is 1. The highest BCUT2D eigenvalue weighted by Gasteiger charge is 2.28. The predicted molar refractivity (Wildman–Crippen MR) is 114 cm³/mol. The van der Waals surface area contributed by atoms with E-state index in [9.17, 15) is 19.2 Å². The number of piperidine rings is 1. The molecule has 3 N–H and O–H groups in total. The van der Waals surface area contributed by atoms with Gasteiger partial charge in [0.05, 0.1) is 24.1 Å². The number of ether oxygens (including phenoxy) is 1. The van der Waals surface area contributed by atoms with Gasteiger partial charge < -0.3 is 25.1 Å². The Kier molecular flexibility index (Phi) is 7.17. The third-order valence-corrected chi connectivity index (χ3v) is 5.54. The van der Waals surface area contributed by atoms with Gasteiger partial charge in [-0.15, -0.1) is 0 Å². The highest BCUT2D eigenvalue weighted by atomic mass is 35.5. The van der Waals surface area contributed by atoms with E-state index in [1.165, 1.54) is 13.2 Å². The molecule has 3 rings (SSSR count). The number of halogens is 1. The highest BCUT2D eigenvalue weighted by molar-refractivity contribution is 6.32. The highest BCUT2D eigenvalue weighted by Crippen LogP contribution is 2.31. The topological polar surface area (TPSA) is 127 Å². The molecule has 0 unspecified atom stereocenters. The van der Waals surface area contributed by atoms with Crippen molar-refractivity contribution in [1.82, 2.24) is 16.0 Å². The molecule has 1 fully saturated rings. The van der Waals surface area contributed by atoms with Crippen LogP contribution in [-0.2, 0) is 20.8 Å². The van der Waals surface area contributed by atoms with Crippen molar-refractivity contribution in [2.24, 2.45) is 5.92 Å². The zero-order valence-electron chi connectivity index (χ0n) is 17.3. The maximum absolute atomic E-state index is 12.4. The minimum absolute atomic E-state index is 0.167. The number of nitrogens with one attached hydrogen (secondary N) is 3. The molecule has 0 spiro atoms. The Hall–Kier alpha value is -3.07. The number of rotatable bonds is 7. The van der Waals surface area contributed by atoms with Crippen LogP contribution in [0, 0.1) is 12.8 Å². The summed E-state index contributed by atoms with van der Waals surface area (Å²) >= 11 is 6.16. The number of hydrogen-bond donors (Lipinski definition) is 3. The van der Waals surface area contributed by atoms with Gasteiger partial charge in [0.1, 0.15) is 17.3 Å². The Morgan fingerprint density at radius 3 is 2.71 bits per heavy atom. The monoisotopic (exact) mass is 449 g/mol. The van der Waals surface area contributed by atoms with Crippen LogP contribution in [0.3, 0.4) is 0 Å². The Labute approximate surface area is 183 Å². The first kappa shape index (κ1) is 22.6. The summed E-state index contributed by atoms with van der Waals surface area (Å²) in [5.41, 5.74) is 0.542. The molecule has 1 aliphatic heterocycles. The molecule has 0 bridgehead atoms. The molecule has 1 saturated heterocycles. The number of carbonyl (C=O) groups is 3. The van der Waals surface area contributed by atoms with Gasteiger partial charge in [-0.2, -0.15) is 0 Å². The summed E-state index contributed by atoms with van der Waals surface area (Å²) in [7, 11) is 1.46. The van der Waals surface area contributed by atoms with Crippen molar-refractivity contribution < 1.29 is 23.5 Å². The Balaban J connectivity index is 1.58. The average Bonchev–Trinajstić information content (AvgIpc) is 2.74. The predicted octanol–water partition coefficient (Wildman–Crippen LogP) is 1.06. The molecule has 1 aromatic carbocycles. The van der Waals surface area contributed by atoms with E-state index in [1.807, 2.05) is 0 Å². The first-order valence-corrected chi connectivity index (χ1v) is 10.3. The lowest BCUT2D eigenvalue weighted by Gasteiger charge is -2.21. The number of benzene rings is 1. The number of amides is 3. The van der Waals surface area contributed by atoms with Crippen molar-refractivity contribution in [3.05, 3.63) is 38.7 Å². The summed E-state index contributed by atoms with van der Waals surface area (Å²) in [5, 5.41) is 8.94. The van der Waals surface area contributed by atoms with Crippen LogP contribution in [0.5, 0.6) is 5.75 Å². The van der Waals surface area contributed by atoms with Crippen LogP contribution in [0.15, 0.2) is 21.3 Å². The van der Waals surface area contributed by atoms with Gasteiger partial charge >= 0.3 is 5.63 Å².